The average Bonchev–Trinajstić information content (AvgIpc) is 2.41. The summed E-state index contributed by atoms with van der Waals surface area (Å²) >= 11 is 0. The third-order valence-corrected chi connectivity index (χ3v) is 4.06. The van der Waals surface area contributed by atoms with Crippen LogP contribution in [0.2, 0.25) is 0 Å². The first kappa shape index (κ1) is 13.1. The number of nitrogens with two attached hydrogens (primary N) is 1. The van der Waals surface area contributed by atoms with Gasteiger partial charge in [0.05, 0.1) is 5.69 Å². The number of Topliss-reactive ketones (excluding diaryl/α,β-unsaturated/α-hetero) is 1. The van der Waals surface area contributed by atoms with Gasteiger partial charge in [-0.2, -0.15) is 0 Å². The van der Waals surface area contributed by atoms with Gasteiger partial charge in [-0.3, -0.25) is 4.79 Å². The van der Waals surface area contributed by atoms with E-state index in [1.807, 2.05) is 0 Å². The molecule has 2 atom stereocenters. The zero-order valence-electron chi connectivity index (χ0n) is 10.8. The summed E-state index contributed by atoms with van der Waals surface area (Å²) in [5.74, 6) is 0.101. The molecular formula is C15H20FNO. The molecule has 1 aromatic rings. The van der Waals surface area contributed by atoms with E-state index in [1.54, 1.807) is 6.07 Å². The van der Waals surface area contributed by atoms with E-state index < -0.39 is 5.82 Å². The zero-order chi connectivity index (χ0) is 13.1. The van der Waals surface area contributed by atoms with E-state index in [4.69, 9.17) is 5.73 Å². The molecule has 2 nitrogen and oxygen atoms in total. The first-order chi connectivity index (χ1) is 8.63. The fraction of sp³-hybridized carbons (Fsp3) is 0.533. The summed E-state index contributed by atoms with van der Waals surface area (Å²) in [4.78, 5) is 12.4. The summed E-state index contributed by atoms with van der Waals surface area (Å²) < 4.78 is 13.4. The van der Waals surface area contributed by atoms with Crippen LogP contribution in [0.3, 0.4) is 0 Å². The lowest BCUT2D eigenvalue weighted by Gasteiger charge is -2.29. The summed E-state index contributed by atoms with van der Waals surface area (Å²) in [5, 5.41) is 0. The van der Waals surface area contributed by atoms with Crippen molar-refractivity contribution in [2.24, 2.45) is 11.8 Å². The fourth-order valence-corrected chi connectivity index (χ4v) is 2.94. The zero-order valence-corrected chi connectivity index (χ0v) is 10.8. The summed E-state index contributed by atoms with van der Waals surface area (Å²) in [6, 6.07) is 4.40. The number of nitrogen functional groups attached to an aromatic ring is 1. The quantitative estimate of drug-likeness (QED) is 0.654. The molecule has 0 bridgehead atoms. The van der Waals surface area contributed by atoms with Crippen molar-refractivity contribution >= 4 is 11.5 Å². The van der Waals surface area contributed by atoms with E-state index in [2.05, 4.69) is 6.92 Å². The summed E-state index contributed by atoms with van der Waals surface area (Å²) in [5.41, 5.74) is 6.00. The topological polar surface area (TPSA) is 43.1 Å². The number of halogens is 1. The first-order valence-corrected chi connectivity index (χ1v) is 6.72. The molecule has 0 saturated heterocycles. The second-order valence-electron chi connectivity index (χ2n) is 5.16. The van der Waals surface area contributed by atoms with E-state index in [0.29, 0.717) is 11.5 Å². The van der Waals surface area contributed by atoms with Gasteiger partial charge in [0.2, 0.25) is 0 Å². The molecule has 2 unspecified atom stereocenters. The third-order valence-electron chi connectivity index (χ3n) is 4.06. The average molecular weight is 249 g/mol. The lowest BCUT2D eigenvalue weighted by atomic mass is 9.74. The van der Waals surface area contributed by atoms with Crippen LogP contribution in [0.1, 0.15) is 49.4 Å². The Kier molecular flexibility index (Phi) is 4.00. The van der Waals surface area contributed by atoms with Crippen LogP contribution >= 0.6 is 0 Å². The van der Waals surface area contributed by atoms with Crippen LogP contribution in [0.5, 0.6) is 0 Å². The molecule has 1 fully saturated rings. The molecule has 18 heavy (non-hydrogen) atoms. The Labute approximate surface area is 107 Å². The van der Waals surface area contributed by atoms with Gasteiger partial charge in [-0.1, -0.05) is 26.2 Å². The highest BCUT2D eigenvalue weighted by Crippen LogP contribution is 2.34. The smallest absolute Gasteiger partial charge is 0.166 e. The number of benzene rings is 1. The van der Waals surface area contributed by atoms with Crippen molar-refractivity contribution in [3.05, 3.63) is 29.6 Å². The van der Waals surface area contributed by atoms with Gasteiger partial charge in [0.25, 0.3) is 0 Å². The molecule has 0 amide bonds. The van der Waals surface area contributed by atoms with Crippen molar-refractivity contribution in [1.29, 1.82) is 0 Å². The van der Waals surface area contributed by atoms with Gasteiger partial charge in [0, 0.05) is 11.5 Å². The first-order valence-electron chi connectivity index (χ1n) is 6.72. The molecule has 1 aromatic carbocycles. The molecule has 1 saturated carbocycles. The van der Waals surface area contributed by atoms with Crippen LogP contribution in [0.25, 0.3) is 0 Å². The summed E-state index contributed by atoms with van der Waals surface area (Å²) in [6.45, 7) is 2.12. The summed E-state index contributed by atoms with van der Waals surface area (Å²) in [6.07, 6.45) is 5.38. The molecule has 0 aromatic heterocycles. The highest BCUT2D eigenvalue weighted by atomic mass is 19.1. The second kappa shape index (κ2) is 5.51. The maximum atomic E-state index is 13.4. The fourth-order valence-electron chi connectivity index (χ4n) is 2.94. The molecule has 1 aliphatic carbocycles. The van der Waals surface area contributed by atoms with Gasteiger partial charge < -0.3 is 5.73 Å². The monoisotopic (exact) mass is 249 g/mol. The lowest BCUT2D eigenvalue weighted by molar-refractivity contribution is 0.0820. The van der Waals surface area contributed by atoms with Gasteiger partial charge in [-0.05, 0) is 37.0 Å². The molecule has 0 aliphatic heterocycles. The third kappa shape index (κ3) is 2.55. The predicted octanol–water partition coefficient (Wildman–Crippen LogP) is 3.81. The Bertz CT molecular complexity index is 444. The van der Waals surface area contributed by atoms with Crippen molar-refractivity contribution in [2.45, 2.75) is 39.0 Å². The Balaban J connectivity index is 2.21. The highest BCUT2D eigenvalue weighted by molar-refractivity contribution is 5.98. The largest absolute Gasteiger partial charge is 0.396 e. The molecule has 3 heteroatoms. The number of rotatable bonds is 3. The maximum Gasteiger partial charge on any atom is 0.166 e. The van der Waals surface area contributed by atoms with Crippen LogP contribution in [-0.4, -0.2) is 5.78 Å². The number of ketones is 1. The Hall–Kier alpha value is -1.38. The van der Waals surface area contributed by atoms with Gasteiger partial charge in [-0.15, -0.1) is 0 Å². The second-order valence-corrected chi connectivity index (χ2v) is 5.16. The Morgan fingerprint density at radius 1 is 1.39 bits per heavy atom. The van der Waals surface area contributed by atoms with Crippen LogP contribution in [0, 0.1) is 17.7 Å². The standard InChI is InChI=1S/C15H20FNO/c1-2-10-5-3-4-6-12(10)15(18)11-7-8-14(17)13(16)9-11/h7-10,12H,2-6,17H2,1H3. The molecular weight excluding hydrogens is 229 g/mol. The van der Waals surface area contributed by atoms with Crippen LogP contribution in [-0.2, 0) is 0 Å². The van der Waals surface area contributed by atoms with Gasteiger partial charge >= 0.3 is 0 Å². The van der Waals surface area contributed by atoms with Crippen molar-refractivity contribution in [2.75, 3.05) is 5.73 Å². The van der Waals surface area contributed by atoms with Crippen LogP contribution in [0.15, 0.2) is 18.2 Å². The molecule has 98 valence electrons. The number of carbonyl (C=O) groups excluding carboxylic acids is 1. The van der Waals surface area contributed by atoms with Crippen molar-refractivity contribution in [1.82, 2.24) is 0 Å². The number of carbonyl (C=O) groups is 1. The van der Waals surface area contributed by atoms with E-state index in [0.717, 1.165) is 25.7 Å². The SMILES string of the molecule is CCC1CCCCC1C(=O)c1ccc(N)c(F)c1. The van der Waals surface area contributed by atoms with Crippen molar-refractivity contribution in [3.8, 4) is 0 Å². The van der Waals surface area contributed by atoms with Gasteiger partial charge in [-0.25, -0.2) is 4.39 Å². The summed E-state index contributed by atoms with van der Waals surface area (Å²) in [7, 11) is 0. The minimum atomic E-state index is -0.496. The van der Waals surface area contributed by atoms with E-state index >= 15 is 0 Å². The van der Waals surface area contributed by atoms with Crippen molar-refractivity contribution in [3.63, 3.8) is 0 Å². The maximum absolute atomic E-state index is 13.4. The molecule has 2 N–H and O–H groups in total. The Morgan fingerprint density at radius 2 is 2.11 bits per heavy atom. The highest BCUT2D eigenvalue weighted by Gasteiger charge is 2.30. The number of anilines is 1. The van der Waals surface area contributed by atoms with E-state index in [-0.39, 0.29) is 17.4 Å². The van der Waals surface area contributed by atoms with Gasteiger partial charge in [0.15, 0.2) is 5.78 Å². The molecule has 1 aliphatic rings. The predicted molar refractivity (Wildman–Crippen MR) is 70.9 cm³/mol. The molecule has 0 radical (unpaired) electrons. The minimum absolute atomic E-state index is 0.0618. The minimum Gasteiger partial charge on any atom is -0.396 e. The van der Waals surface area contributed by atoms with E-state index in [9.17, 15) is 9.18 Å². The van der Waals surface area contributed by atoms with E-state index in [1.165, 1.54) is 18.6 Å². The molecule has 2 rings (SSSR count). The lowest BCUT2D eigenvalue weighted by Crippen LogP contribution is -2.27. The van der Waals surface area contributed by atoms with Gasteiger partial charge in [0.1, 0.15) is 5.82 Å². The Morgan fingerprint density at radius 3 is 2.78 bits per heavy atom. The normalized spacial score (nSPS) is 23.9. The van der Waals surface area contributed by atoms with Crippen LogP contribution < -0.4 is 5.73 Å². The number of hydrogen-bond acceptors (Lipinski definition) is 2. The van der Waals surface area contributed by atoms with Crippen molar-refractivity contribution < 1.29 is 9.18 Å². The molecule has 0 spiro atoms. The molecule has 0 heterocycles. The van der Waals surface area contributed by atoms with Crippen LogP contribution in [0.4, 0.5) is 10.1 Å². The number of hydrogen-bond donors (Lipinski definition) is 1.